The van der Waals surface area contributed by atoms with Gasteiger partial charge >= 0.3 is 0 Å². The fourth-order valence-corrected chi connectivity index (χ4v) is 1.76. The van der Waals surface area contributed by atoms with E-state index in [1.165, 1.54) is 21.0 Å². The normalized spacial score (nSPS) is 17.4. The lowest BCUT2D eigenvalue weighted by molar-refractivity contribution is 0.0292. The molecule has 0 aromatic carbocycles. The molecule has 0 aromatic rings. The van der Waals surface area contributed by atoms with E-state index in [1.54, 1.807) is 6.07 Å². The first-order valence-corrected chi connectivity index (χ1v) is 6.39. The SMILES string of the molecule is COCCC(C)(O)CNS(=O)(=O)C(C)C#N. The zero-order chi connectivity index (χ0) is 12.8. The van der Waals surface area contributed by atoms with Crippen LogP contribution in [0.2, 0.25) is 0 Å². The summed E-state index contributed by atoms with van der Waals surface area (Å²) in [5, 5.41) is 17.1. The Labute approximate surface area is 96.3 Å². The van der Waals surface area contributed by atoms with Crippen molar-refractivity contribution in [1.29, 1.82) is 5.26 Å². The highest BCUT2D eigenvalue weighted by molar-refractivity contribution is 7.90. The molecule has 0 saturated carbocycles. The number of hydrogen-bond acceptors (Lipinski definition) is 5. The number of nitriles is 1. The van der Waals surface area contributed by atoms with Gasteiger partial charge in [-0.05, 0) is 13.8 Å². The van der Waals surface area contributed by atoms with Gasteiger partial charge in [-0.15, -0.1) is 0 Å². The first-order valence-electron chi connectivity index (χ1n) is 4.84. The number of sulfonamides is 1. The summed E-state index contributed by atoms with van der Waals surface area (Å²) >= 11 is 0. The van der Waals surface area contributed by atoms with Crippen LogP contribution in [-0.4, -0.2) is 44.6 Å². The Balaban J connectivity index is 4.29. The van der Waals surface area contributed by atoms with Crippen LogP contribution in [0.25, 0.3) is 0 Å². The van der Waals surface area contributed by atoms with Gasteiger partial charge in [-0.25, -0.2) is 13.1 Å². The molecule has 0 heterocycles. The molecule has 0 rings (SSSR count). The highest BCUT2D eigenvalue weighted by Crippen LogP contribution is 2.09. The number of methoxy groups -OCH3 is 1. The molecule has 2 unspecified atom stereocenters. The van der Waals surface area contributed by atoms with E-state index in [9.17, 15) is 13.5 Å². The monoisotopic (exact) mass is 250 g/mol. The van der Waals surface area contributed by atoms with Crippen molar-refractivity contribution in [2.24, 2.45) is 0 Å². The Bertz CT molecular complexity index is 345. The fourth-order valence-electron chi connectivity index (χ4n) is 0.861. The molecule has 0 saturated heterocycles. The zero-order valence-electron chi connectivity index (χ0n) is 9.73. The summed E-state index contributed by atoms with van der Waals surface area (Å²) in [6, 6.07) is 1.63. The summed E-state index contributed by atoms with van der Waals surface area (Å²) in [6.45, 7) is 2.99. The lowest BCUT2D eigenvalue weighted by atomic mass is 10.0. The van der Waals surface area contributed by atoms with Crippen LogP contribution in [0.1, 0.15) is 20.3 Å². The van der Waals surface area contributed by atoms with Crippen LogP contribution in [-0.2, 0) is 14.8 Å². The minimum atomic E-state index is -3.68. The van der Waals surface area contributed by atoms with Gasteiger partial charge in [0.05, 0.1) is 11.7 Å². The van der Waals surface area contributed by atoms with Gasteiger partial charge in [0.15, 0.2) is 5.25 Å². The predicted molar refractivity (Wildman–Crippen MR) is 59.1 cm³/mol. The summed E-state index contributed by atoms with van der Waals surface area (Å²) in [5.74, 6) is 0. The quantitative estimate of drug-likeness (QED) is 0.641. The highest BCUT2D eigenvalue weighted by Gasteiger charge is 2.26. The Hall–Kier alpha value is -0.680. The second kappa shape index (κ2) is 6.15. The van der Waals surface area contributed by atoms with E-state index in [-0.39, 0.29) is 6.54 Å². The minimum absolute atomic E-state index is 0.134. The summed E-state index contributed by atoms with van der Waals surface area (Å²) < 4.78 is 29.8. The molecular formula is C9H18N2O4S. The van der Waals surface area contributed by atoms with Crippen molar-refractivity contribution in [2.75, 3.05) is 20.3 Å². The van der Waals surface area contributed by atoms with Crippen LogP contribution in [0.4, 0.5) is 0 Å². The first kappa shape index (κ1) is 15.3. The van der Waals surface area contributed by atoms with Gasteiger partial charge < -0.3 is 9.84 Å². The molecule has 16 heavy (non-hydrogen) atoms. The number of nitrogens with zero attached hydrogens (tertiary/aromatic N) is 1. The van der Waals surface area contributed by atoms with E-state index in [0.29, 0.717) is 13.0 Å². The molecule has 2 atom stereocenters. The maximum absolute atomic E-state index is 11.4. The van der Waals surface area contributed by atoms with E-state index < -0.39 is 20.9 Å². The topological polar surface area (TPSA) is 99.4 Å². The first-order chi connectivity index (χ1) is 7.25. The molecular weight excluding hydrogens is 232 g/mol. The molecule has 0 aliphatic rings. The fraction of sp³-hybridized carbons (Fsp3) is 0.889. The highest BCUT2D eigenvalue weighted by atomic mass is 32.2. The van der Waals surface area contributed by atoms with Gasteiger partial charge in [-0.2, -0.15) is 5.26 Å². The molecule has 94 valence electrons. The average molecular weight is 250 g/mol. The van der Waals surface area contributed by atoms with Crippen molar-refractivity contribution in [3.8, 4) is 6.07 Å². The molecule has 0 fully saturated rings. The zero-order valence-corrected chi connectivity index (χ0v) is 10.5. The minimum Gasteiger partial charge on any atom is -0.389 e. The number of aliphatic hydroxyl groups is 1. The third kappa shape index (κ3) is 5.42. The molecule has 0 spiro atoms. The Morgan fingerprint density at radius 2 is 2.19 bits per heavy atom. The van der Waals surface area contributed by atoms with Gasteiger partial charge in [-0.3, -0.25) is 0 Å². The van der Waals surface area contributed by atoms with Gasteiger partial charge in [0.2, 0.25) is 10.0 Å². The molecule has 6 nitrogen and oxygen atoms in total. The van der Waals surface area contributed by atoms with Crippen LogP contribution in [0.3, 0.4) is 0 Å². The van der Waals surface area contributed by atoms with E-state index in [2.05, 4.69) is 4.72 Å². The average Bonchev–Trinajstić information content (AvgIpc) is 2.23. The number of ether oxygens (including phenoxy) is 1. The van der Waals surface area contributed by atoms with Gasteiger partial charge in [-0.1, -0.05) is 0 Å². The van der Waals surface area contributed by atoms with E-state index in [0.717, 1.165) is 0 Å². The van der Waals surface area contributed by atoms with Gasteiger partial charge in [0, 0.05) is 26.7 Å². The van der Waals surface area contributed by atoms with Crippen LogP contribution in [0.5, 0.6) is 0 Å². The Kier molecular flexibility index (Phi) is 5.89. The van der Waals surface area contributed by atoms with Crippen molar-refractivity contribution in [3.05, 3.63) is 0 Å². The largest absolute Gasteiger partial charge is 0.389 e. The van der Waals surface area contributed by atoms with E-state index in [1.807, 2.05) is 0 Å². The smallest absolute Gasteiger partial charge is 0.227 e. The second-order valence-corrected chi connectivity index (χ2v) is 5.96. The van der Waals surface area contributed by atoms with Crippen LogP contribution in [0.15, 0.2) is 0 Å². The molecule has 0 aliphatic heterocycles. The van der Waals surface area contributed by atoms with Crippen molar-refractivity contribution < 1.29 is 18.3 Å². The molecule has 0 aromatic heterocycles. The molecule has 0 aliphatic carbocycles. The van der Waals surface area contributed by atoms with Crippen molar-refractivity contribution in [1.82, 2.24) is 4.72 Å². The molecule has 0 radical (unpaired) electrons. The van der Waals surface area contributed by atoms with Crippen molar-refractivity contribution in [3.63, 3.8) is 0 Å². The summed E-state index contributed by atoms with van der Waals surface area (Å²) in [7, 11) is -2.18. The maximum Gasteiger partial charge on any atom is 0.227 e. The van der Waals surface area contributed by atoms with Crippen LogP contribution < -0.4 is 4.72 Å². The molecule has 0 bridgehead atoms. The maximum atomic E-state index is 11.4. The Morgan fingerprint density at radius 3 is 2.62 bits per heavy atom. The standard InChI is InChI=1S/C9H18N2O4S/c1-8(6-10)16(13,14)11-7-9(2,12)4-5-15-3/h8,11-12H,4-5,7H2,1-3H3. The number of rotatable bonds is 7. The molecule has 0 amide bonds. The summed E-state index contributed by atoms with van der Waals surface area (Å²) in [6.07, 6.45) is 0.312. The predicted octanol–water partition coefficient (Wildman–Crippen LogP) is -0.395. The lowest BCUT2D eigenvalue weighted by Crippen LogP contribution is -2.43. The van der Waals surface area contributed by atoms with Gasteiger partial charge in [0.1, 0.15) is 0 Å². The van der Waals surface area contributed by atoms with E-state index in [4.69, 9.17) is 10.00 Å². The molecule has 7 heteroatoms. The van der Waals surface area contributed by atoms with E-state index >= 15 is 0 Å². The van der Waals surface area contributed by atoms with Crippen LogP contribution >= 0.6 is 0 Å². The number of hydrogen-bond donors (Lipinski definition) is 2. The number of nitrogens with one attached hydrogen (secondary N) is 1. The lowest BCUT2D eigenvalue weighted by Gasteiger charge is -2.23. The third-order valence-corrected chi connectivity index (χ3v) is 3.73. The van der Waals surface area contributed by atoms with Gasteiger partial charge in [0.25, 0.3) is 0 Å². The molecule has 2 N–H and O–H groups in total. The second-order valence-electron chi connectivity index (χ2n) is 3.88. The third-order valence-electron chi connectivity index (χ3n) is 2.15. The van der Waals surface area contributed by atoms with Crippen molar-refractivity contribution >= 4 is 10.0 Å². The summed E-state index contributed by atoms with van der Waals surface area (Å²) in [5.41, 5.74) is -1.18. The summed E-state index contributed by atoms with van der Waals surface area (Å²) in [4.78, 5) is 0. The van der Waals surface area contributed by atoms with Crippen LogP contribution in [0, 0.1) is 11.3 Å². The van der Waals surface area contributed by atoms with Crippen molar-refractivity contribution in [2.45, 2.75) is 31.1 Å². The Morgan fingerprint density at radius 1 is 1.62 bits per heavy atom.